The quantitative estimate of drug-likeness (QED) is 0.200. The van der Waals surface area contributed by atoms with Crippen molar-refractivity contribution in [1.82, 2.24) is 9.97 Å². The van der Waals surface area contributed by atoms with Gasteiger partial charge in [0, 0.05) is 18.0 Å². The van der Waals surface area contributed by atoms with Crippen LogP contribution in [0.4, 0.5) is 0 Å². The van der Waals surface area contributed by atoms with Gasteiger partial charge in [0.25, 0.3) is 0 Å². The number of hydrogen-bond acceptors (Lipinski definition) is 2. The summed E-state index contributed by atoms with van der Waals surface area (Å²) < 4.78 is 0. The predicted molar refractivity (Wildman–Crippen MR) is 147 cm³/mol. The van der Waals surface area contributed by atoms with Crippen molar-refractivity contribution in [3.8, 4) is 22.5 Å². The summed E-state index contributed by atoms with van der Waals surface area (Å²) in [5.74, 6) is 0.813. The predicted octanol–water partition coefficient (Wildman–Crippen LogP) is 9.62. The van der Waals surface area contributed by atoms with Gasteiger partial charge in [-0.15, -0.1) is 0 Å². The number of aromatic nitrogens is 2. The summed E-state index contributed by atoms with van der Waals surface area (Å²) in [5, 5.41) is 0. The van der Waals surface area contributed by atoms with E-state index in [1.807, 2.05) is 12.4 Å². The van der Waals surface area contributed by atoms with Crippen LogP contribution in [0.25, 0.3) is 22.5 Å². The first-order valence-electron chi connectivity index (χ1n) is 13.8. The smallest absolute Gasteiger partial charge is 0.159 e. The van der Waals surface area contributed by atoms with Crippen LogP contribution in [0.1, 0.15) is 102 Å². The van der Waals surface area contributed by atoms with Crippen LogP contribution < -0.4 is 0 Å². The number of rotatable bonds is 16. The molecule has 0 saturated carbocycles. The van der Waals surface area contributed by atoms with Gasteiger partial charge in [0.05, 0.1) is 0 Å². The Bertz CT molecular complexity index is 832. The molecule has 2 heteroatoms. The van der Waals surface area contributed by atoms with E-state index in [1.54, 1.807) is 0 Å². The third-order valence-electron chi connectivity index (χ3n) is 6.77. The summed E-state index contributed by atoms with van der Waals surface area (Å²) >= 11 is 0. The lowest BCUT2D eigenvalue weighted by Crippen LogP contribution is -1.93. The second-order valence-corrected chi connectivity index (χ2v) is 9.72. The molecular formula is C32H44N2. The second kappa shape index (κ2) is 15.4. The molecule has 0 saturated heterocycles. The highest BCUT2D eigenvalue weighted by Crippen LogP contribution is 2.24. The van der Waals surface area contributed by atoms with Crippen LogP contribution in [0.5, 0.6) is 0 Å². The van der Waals surface area contributed by atoms with Crippen molar-refractivity contribution in [2.75, 3.05) is 0 Å². The molecule has 1 aromatic heterocycles. The number of benzene rings is 2. The molecule has 0 fully saturated rings. The fraction of sp³-hybridized carbons (Fsp3) is 0.500. The third-order valence-corrected chi connectivity index (χ3v) is 6.77. The van der Waals surface area contributed by atoms with Crippen molar-refractivity contribution in [2.45, 2.75) is 104 Å². The summed E-state index contributed by atoms with van der Waals surface area (Å²) in [7, 11) is 0. The highest BCUT2D eigenvalue weighted by molar-refractivity contribution is 5.67. The maximum Gasteiger partial charge on any atom is 0.159 e. The topological polar surface area (TPSA) is 25.8 Å². The van der Waals surface area contributed by atoms with Crippen LogP contribution in [-0.2, 0) is 12.8 Å². The molecule has 0 spiro atoms. The van der Waals surface area contributed by atoms with Gasteiger partial charge in [-0.3, -0.25) is 0 Å². The minimum Gasteiger partial charge on any atom is -0.236 e. The molecule has 0 unspecified atom stereocenters. The number of aryl methyl sites for hydroxylation is 2. The Hall–Kier alpha value is -2.48. The van der Waals surface area contributed by atoms with Crippen molar-refractivity contribution in [3.63, 3.8) is 0 Å². The largest absolute Gasteiger partial charge is 0.236 e. The van der Waals surface area contributed by atoms with Gasteiger partial charge in [-0.1, -0.05) is 127 Å². The Morgan fingerprint density at radius 1 is 0.441 bits per heavy atom. The molecule has 0 atom stereocenters. The normalized spacial score (nSPS) is 11.1. The first-order chi connectivity index (χ1) is 16.8. The standard InChI is InChI=1S/C32H44N2/c1-3-5-7-9-11-13-15-27-17-19-29(20-18-27)30-21-23-31(24-22-30)32-33-25-28(26-34-32)16-14-12-10-8-6-4-2/h17-26H,3-16H2,1-2H3. The Kier molecular flexibility index (Phi) is 11.9. The van der Waals surface area contributed by atoms with E-state index < -0.39 is 0 Å². The average molecular weight is 457 g/mol. The zero-order valence-corrected chi connectivity index (χ0v) is 21.6. The maximum atomic E-state index is 4.63. The molecule has 0 radical (unpaired) electrons. The highest BCUT2D eigenvalue weighted by atomic mass is 14.9. The molecule has 3 rings (SSSR count). The van der Waals surface area contributed by atoms with Crippen LogP contribution in [0, 0.1) is 0 Å². The molecule has 2 aromatic carbocycles. The maximum absolute atomic E-state index is 4.63. The zero-order chi connectivity index (χ0) is 23.8. The van der Waals surface area contributed by atoms with E-state index >= 15 is 0 Å². The Morgan fingerprint density at radius 3 is 1.38 bits per heavy atom. The lowest BCUT2D eigenvalue weighted by molar-refractivity contribution is 0.607. The van der Waals surface area contributed by atoms with E-state index in [4.69, 9.17) is 0 Å². The van der Waals surface area contributed by atoms with Crippen molar-refractivity contribution in [1.29, 1.82) is 0 Å². The molecule has 0 amide bonds. The van der Waals surface area contributed by atoms with Crippen molar-refractivity contribution in [3.05, 3.63) is 72.1 Å². The molecule has 0 aliphatic carbocycles. The summed E-state index contributed by atoms with van der Waals surface area (Å²) in [6, 6.07) is 17.8. The molecule has 182 valence electrons. The highest BCUT2D eigenvalue weighted by Gasteiger charge is 2.04. The fourth-order valence-corrected chi connectivity index (χ4v) is 4.53. The van der Waals surface area contributed by atoms with Crippen molar-refractivity contribution >= 4 is 0 Å². The van der Waals surface area contributed by atoms with Gasteiger partial charge in [-0.05, 0) is 47.9 Å². The molecule has 3 aromatic rings. The first kappa shape index (κ1) is 26.1. The lowest BCUT2D eigenvalue weighted by Gasteiger charge is -2.07. The molecule has 2 nitrogen and oxygen atoms in total. The van der Waals surface area contributed by atoms with Crippen LogP contribution in [0.3, 0.4) is 0 Å². The second-order valence-electron chi connectivity index (χ2n) is 9.72. The molecule has 0 N–H and O–H groups in total. The van der Waals surface area contributed by atoms with Crippen LogP contribution in [0.2, 0.25) is 0 Å². The molecule has 0 bridgehead atoms. The van der Waals surface area contributed by atoms with E-state index in [1.165, 1.54) is 106 Å². The third kappa shape index (κ3) is 9.05. The number of nitrogens with zero attached hydrogens (tertiary/aromatic N) is 2. The zero-order valence-electron chi connectivity index (χ0n) is 21.6. The molecular weight excluding hydrogens is 412 g/mol. The Morgan fingerprint density at radius 2 is 0.853 bits per heavy atom. The van der Waals surface area contributed by atoms with Crippen molar-refractivity contribution in [2.24, 2.45) is 0 Å². The molecule has 1 heterocycles. The molecule has 0 aliphatic heterocycles. The molecule has 0 aliphatic rings. The van der Waals surface area contributed by atoms with Crippen LogP contribution in [0.15, 0.2) is 60.9 Å². The van der Waals surface area contributed by atoms with E-state index in [0.717, 1.165) is 17.8 Å². The molecule has 34 heavy (non-hydrogen) atoms. The number of hydrogen-bond donors (Lipinski definition) is 0. The lowest BCUT2D eigenvalue weighted by atomic mass is 10.00. The Balaban J connectivity index is 1.46. The summed E-state index contributed by atoms with van der Waals surface area (Å²) in [6.07, 6.45) is 22.3. The monoisotopic (exact) mass is 456 g/mol. The van der Waals surface area contributed by atoms with Gasteiger partial charge in [-0.2, -0.15) is 0 Å². The fourth-order valence-electron chi connectivity index (χ4n) is 4.53. The average Bonchev–Trinajstić information content (AvgIpc) is 2.89. The summed E-state index contributed by atoms with van der Waals surface area (Å²) in [5.41, 5.74) is 6.29. The van der Waals surface area contributed by atoms with Gasteiger partial charge >= 0.3 is 0 Å². The minimum absolute atomic E-state index is 0.813. The van der Waals surface area contributed by atoms with E-state index in [2.05, 4.69) is 72.3 Å². The van der Waals surface area contributed by atoms with Crippen molar-refractivity contribution < 1.29 is 0 Å². The summed E-state index contributed by atoms with van der Waals surface area (Å²) in [6.45, 7) is 4.54. The Labute approximate surface area is 208 Å². The van der Waals surface area contributed by atoms with Crippen LogP contribution >= 0.6 is 0 Å². The first-order valence-corrected chi connectivity index (χ1v) is 13.8. The van der Waals surface area contributed by atoms with Gasteiger partial charge in [0.15, 0.2) is 5.82 Å². The number of unbranched alkanes of at least 4 members (excludes halogenated alkanes) is 10. The van der Waals surface area contributed by atoms with E-state index in [9.17, 15) is 0 Å². The van der Waals surface area contributed by atoms with Gasteiger partial charge in [0.1, 0.15) is 0 Å². The van der Waals surface area contributed by atoms with E-state index in [0.29, 0.717) is 0 Å². The minimum atomic E-state index is 0.813. The van der Waals surface area contributed by atoms with Crippen LogP contribution in [-0.4, -0.2) is 9.97 Å². The van der Waals surface area contributed by atoms with Gasteiger partial charge < -0.3 is 0 Å². The van der Waals surface area contributed by atoms with Gasteiger partial charge in [0.2, 0.25) is 0 Å². The van der Waals surface area contributed by atoms with Gasteiger partial charge in [-0.25, -0.2) is 9.97 Å². The summed E-state index contributed by atoms with van der Waals surface area (Å²) in [4.78, 5) is 9.26. The SMILES string of the molecule is CCCCCCCCc1ccc(-c2ccc(-c3ncc(CCCCCCCC)cn3)cc2)cc1. The van der Waals surface area contributed by atoms with E-state index in [-0.39, 0.29) is 0 Å².